The van der Waals surface area contributed by atoms with Gasteiger partial charge in [-0.15, -0.1) is 0 Å². The molecular weight excluding hydrogens is 617 g/mol. The maximum absolute atomic E-state index is 14.5. The van der Waals surface area contributed by atoms with Crippen LogP contribution in [-0.2, 0) is 22.4 Å². The van der Waals surface area contributed by atoms with Gasteiger partial charge >= 0.3 is 24.4 Å². The number of amides is 3. The Morgan fingerprint density at radius 1 is 1.00 bits per heavy atom. The van der Waals surface area contributed by atoms with Gasteiger partial charge in [-0.25, -0.2) is 19.0 Å². The first kappa shape index (κ1) is 32.4. The highest BCUT2D eigenvalue weighted by Crippen LogP contribution is 2.34. The summed E-state index contributed by atoms with van der Waals surface area (Å²) in [6.07, 6.45) is -8.53. The number of pyridine rings is 1. The Morgan fingerprint density at radius 2 is 1.67 bits per heavy atom. The molecule has 0 aliphatic carbocycles. The summed E-state index contributed by atoms with van der Waals surface area (Å²) in [5.41, 5.74) is 5.30. The van der Waals surface area contributed by atoms with Crippen LogP contribution in [0, 0.1) is 5.82 Å². The van der Waals surface area contributed by atoms with E-state index in [2.05, 4.69) is 4.98 Å². The zero-order valence-corrected chi connectivity index (χ0v) is 23.8. The Kier molecular flexibility index (Phi) is 8.70. The smallest absolute Gasteiger partial charge is 0.354 e. The number of quaternary nitrogens is 1. The number of alkyl halides is 6. The van der Waals surface area contributed by atoms with Crippen molar-refractivity contribution in [3.63, 3.8) is 0 Å². The molecule has 0 saturated carbocycles. The fraction of sp³-hybridized carbons (Fsp3) is 0.500. The van der Waals surface area contributed by atoms with Gasteiger partial charge in [-0.2, -0.15) is 26.3 Å². The van der Waals surface area contributed by atoms with Gasteiger partial charge in [0.15, 0.2) is 18.2 Å². The fourth-order valence-corrected chi connectivity index (χ4v) is 5.92. The Balaban J connectivity index is 1.29. The summed E-state index contributed by atoms with van der Waals surface area (Å²) in [4.78, 5) is 51.2. The van der Waals surface area contributed by atoms with E-state index in [4.69, 9.17) is 10.6 Å². The van der Waals surface area contributed by atoms with Crippen LogP contribution in [0.1, 0.15) is 40.7 Å². The van der Waals surface area contributed by atoms with Gasteiger partial charge in [0, 0.05) is 55.6 Å². The van der Waals surface area contributed by atoms with E-state index in [1.165, 1.54) is 34.1 Å². The quantitative estimate of drug-likeness (QED) is 0.375. The molecule has 3 amide bonds. The zero-order valence-electron chi connectivity index (χ0n) is 23.8. The molecule has 3 fully saturated rings. The lowest BCUT2D eigenvalue weighted by atomic mass is 10.0. The van der Waals surface area contributed by atoms with Crippen molar-refractivity contribution in [3.8, 4) is 0 Å². The van der Waals surface area contributed by atoms with E-state index in [0.717, 1.165) is 0 Å². The van der Waals surface area contributed by atoms with Crippen molar-refractivity contribution in [2.24, 2.45) is 5.73 Å². The van der Waals surface area contributed by atoms with Crippen molar-refractivity contribution in [1.82, 2.24) is 14.8 Å². The third-order valence-electron chi connectivity index (χ3n) is 8.29. The van der Waals surface area contributed by atoms with Gasteiger partial charge in [0.2, 0.25) is 0 Å². The van der Waals surface area contributed by atoms with Gasteiger partial charge in [-0.05, 0) is 42.1 Å². The van der Waals surface area contributed by atoms with Crippen LogP contribution < -0.4 is 10.6 Å². The number of hydroxylamine groups is 3. The lowest BCUT2D eigenvalue weighted by Crippen LogP contribution is -2.55. The average Bonchev–Trinajstić information content (AvgIpc) is 3.55. The van der Waals surface area contributed by atoms with E-state index in [1.54, 1.807) is 4.90 Å². The molecule has 2 aromatic rings. The number of carbonyl (C=O) groups excluding carboxylic acids is 3. The second kappa shape index (κ2) is 12.1. The topological polar surface area (TPSA) is 109 Å². The fourth-order valence-electron chi connectivity index (χ4n) is 5.92. The van der Waals surface area contributed by atoms with Crippen LogP contribution in [0.3, 0.4) is 0 Å². The Bertz CT molecular complexity index is 1450. The van der Waals surface area contributed by atoms with Crippen molar-refractivity contribution in [2.75, 3.05) is 44.2 Å². The van der Waals surface area contributed by atoms with E-state index >= 15 is 0 Å². The predicted molar refractivity (Wildman–Crippen MR) is 142 cm³/mol. The largest absolute Gasteiger partial charge is 0.497 e. The summed E-state index contributed by atoms with van der Waals surface area (Å²) in [5, 5.41) is 0. The summed E-state index contributed by atoms with van der Waals surface area (Å²) >= 11 is 0. The molecule has 3 saturated heterocycles. The number of piperidine rings is 1. The Labute approximate surface area is 252 Å². The first-order valence-electron chi connectivity index (χ1n) is 14.2. The summed E-state index contributed by atoms with van der Waals surface area (Å²) < 4.78 is 91.7. The minimum absolute atomic E-state index is 0.0483. The van der Waals surface area contributed by atoms with Crippen molar-refractivity contribution in [2.45, 2.75) is 50.2 Å². The maximum atomic E-state index is 14.5. The van der Waals surface area contributed by atoms with Crippen molar-refractivity contribution >= 4 is 23.7 Å². The van der Waals surface area contributed by atoms with Gasteiger partial charge < -0.3 is 15.5 Å². The highest BCUT2D eigenvalue weighted by atomic mass is 19.4. The second-order valence-electron chi connectivity index (χ2n) is 11.4. The zero-order chi connectivity index (χ0) is 32.7. The molecule has 1 aromatic heterocycles. The molecule has 1 aromatic carbocycles. The molecule has 0 spiro atoms. The first-order valence-corrected chi connectivity index (χ1v) is 14.2. The van der Waals surface area contributed by atoms with Crippen LogP contribution >= 0.6 is 0 Å². The summed E-state index contributed by atoms with van der Waals surface area (Å²) in [6, 6.07) is 4.73. The van der Waals surface area contributed by atoms with E-state index in [0.29, 0.717) is 42.9 Å². The van der Waals surface area contributed by atoms with Gasteiger partial charge in [0.05, 0.1) is 12.1 Å². The number of rotatable bonds is 6. The molecule has 1 unspecified atom stereocenters. The summed E-state index contributed by atoms with van der Waals surface area (Å²) in [7, 11) is 0. The molecule has 3 aliphatic rings. The van der Waals surface area contributed by atoms with E-state index in [-0.39, 0.29) is 56.8 Å². The number of hydrogen-bond acceptors (Lipinski definition) is 7. The molecule has 17 heteroatoms. The lowest BCUT2D eigenvalue weighted by Gasteiger charge is -2.36. The van der Waals surface area contributed by atoms with Crippen molar-refractivity contribution in [3.05, 3.63) is 59.0 Å². The molecular formula is C28H30F7N6O4+. The second-order valence-corrected chi connectivity index (χ2v) is 11.4. The SMILES string of the molecule is NC1CCN(C(=O)c2ccc(C[N@+]3(OC(=O)C(F)(F)F)CCN(C4CCN(c5ncc(C(F)(F)F)cc5F)CC4)C3=O)cc2)C1. The number of aromatic nitrogens is 1. The van der Waals surface area contributed by atoms with Gasteiger partial charge in [-0.1, -0.05) is 12.1 Å². The van der Waals surface area contributed by atoms with E-state index in [9.17, 15) is 45.1 Å². The Hall–Kier alpha value is -3.99. The van der Waals surface area contributed by atoms with Crippen molar-refractivity contribution in [1.29, 1.82) is 0 Å². The molecule has 2 N–H and O–H groups in total. The number of nitrogens with zero attached hydrogens (tertiary/aromatic N) is 5. The monoisotopic (exact) mass is 647 g/mol. The standard InChI is InChI=1S/C28H30F7N6O4/c29-22-13-19(27(30,31)32)14-37-23(22)38-9-6-21(7-10-38)40-11-12-41(26(40)44,45-25(43)28(33,34)35)16-17-1-3-18(4-2-17)24(42)39-8-5-20(36)15-39/h1-4,13-14,20-21H,5-12,15-16,36H2/q+1/t20?,41-/m1/s1. The highest BCUT2D eigenvalue weighted by Gasteiger charge is 2.57. The number of hydrogen-bond donors (Lipinski definition) is 1. The minimum Gasteiger partial charge on any atom is -0.354 e. The molecule has 3 aliphatic heterocycles. The number of carbonyl (C=O) groups is 3. The number of halogens is 7. The molecule has 5 rings (SSSR count). The molecule has 0 bridgehead atoms. The molecule has 45 heavy (non-hydrogen) atoms. The number of nitrogens with two attached hydrogens (primary N) is 1. The number of anilines is 1. The summed E-state index contributed by atoms with van der Waals surface area (Å²) in [6.45, 7) is 0.323. The van der Waals surface area contributed by atoms with E-state index < -0.39 is 53.0 Å². The van der Waals surface area contributed by atoms with Crippen LogP contribution in [0.5, 0.6) is 0 Å². The molecule has 10 nitrogen and oxygen atoms in total. The van der Waals surface area contributed by atoms with Gasteiger partial charge in [0.1, 0.15) is 6.54 Å². The van der Waals surface area contributed by atoms with Crippen LogP contribution in [0.25, 0.3) is 0 Å². The van der Waals surface area contributed by atoms with E-state index in [1.807, 2.05) is 0 Å². The average molecular weight is 648 g/mol. The highest BCUT2D eigenvalue weighted by molar-refractivity contribution is 5.94. The Morgan fingerprint density at radius 3 is 2.22 bits per heavy atom. The number of likely N-dealkylation sites (tertiary alicyclic amines) is 1. The first-order chi connectivity index (χ1) is 21.1. The summed E-state index contributed by atoms with van der Waals surface area (Å²) in [5.74, 6) is -4.24. The third-order valence-corrected chi connectivity index (χ3v) is 8.29. The number of urea groups is 1. The number of benzene rings is 1. The molecule has 0 radical (unpaired) electrons. The molecule has 4 heterocycles. The normalized spacial score (nSPS) is 23.2. The maximum Gasteiger partial charge on any atom is 0.497 e. The minimum atomic E-state index is -5.37. The third kappa shape index (κ3) is 6.83. The van der Waals surface area contributed by atoms with Crippen LogP contribution in [0.2, 0.25) is 0 Å². The molecule has 2 atom stereocenters. The predicted octanol–water partition coefficient (Wildman–Crippen LogP) is 3.85. The van der Waals surface area contributed by atoms with Crippen LogP contribution in [0.15, 0.2) is 36.5 Å². The van der Waals surface area contributed by atoms with Gasteiger partial charge in [-0.3, -0.25) is 14.5 Å². The van der Waals surface area contributed by atoms with Crippen LogP contribution in [-0.4, -0.2) is 94.9 Å². The lowest BCUT2D eigenvalue weighted by molar-refractivity contribution is -1.03. The van der Waals surface area contributed by atoms with Crippen LogP contribution in [0.4, 0.5) is 41.3 Å². The van der Waals surface area contributed by atoms with Gasteiger partial charge in [0.25, 0.3) is 5.91 Å². The van der Waals surface area contributed by atoms with Crippen molar-refractivity contribution < 1.29 is 54.6 Å². The molecule has 244 valence electrons.